The maximum Gasteiger partial charge on any atom is 0.287 e. The van der Waals surface area contributed by atoms with E-state index in [-0.39, 0.29) is 30.8 Å². The summed E-state index contributed by atoms with van der Waals surface area (Å²) in [7, 11) is 0. The highest BCUT2D eigenvalue weighted by Gasteiger charge is 2.33. The summed E-state index contributed by atoms with van der Waals surface area (Å²) < 4.78 is 0. The first kappa shape index (κ1) is 8.95. The highest BCUT2D eigenvalue weighted by atomic mass is 16.4. The molecular formula is C6H11N3O3. The second-order valence-electron chi connectivity index (χ2n) is 2.52. The molecule has 12 heavy (non-hydrogen) atoms. The van der Waals surface area contributed by atoms with E-state index in [2.05, 4.69) is 10.6 Å². The molecule has 1 unspecified atom stereocenters. The van der Waals surface area contributed by atoms with E-state index in [1.165, 1.54) is 5.01 Å². The molecule has 0 aromatic carbocycles. The molecular weight excluding hydrogens is 162 g/mol. The summed E-state index contributed by atoms with van der Waals surface area (Å²) in [6, 6.07) is -0.297. The van der Waals surface area contributed by atoms with E-state index in [1.807, 2.05) is 0 Å². The van der Waals surface area contributed by atoms with E-state index < -0.39 is 0 Å². The van der Waals surface area contributed by atoms with Gasteiger partial charge in [-0.1, -0.05) is 5.16 Å². The minimum absolute atomic E-state index is 0.0726. The Morgan fingerprint density at radius 3 is 2.83 bits per heavy atom. The van der Waals surface area contributed by atoms with Crippen LogP contribution in [0.4, 0.5) is 0 Å². The number of rotatable bonds is 2. The van der Waals surface area contributed by atoms with Crippen LogP contribution in [0.3, 0.4) is 0 Å². The van der Waals surface area contributed by atoms with Crippen LogP contribution in [-0.2, 0) is 4.79 Å². The number of hydrogen-bond acceptors (Lipinski definition) is 5. The van der Waals surface area contributed by atoms with E-state index >= 15 is 0 Å². The van der Waals surface area contributed by atoms with Gasteiger partial charge >= 0.3 is 0 Å². The van der Waals surface area contributed by atoms with Crippen LogP contribution in [0, 0.1) is 0 Å². The molecule has 68 valence electrons. The van der Waals surface area contributed by atoms with E-state index in [4.69, 9.17) is 10.3 Å². The van der Waals surface area contributed by atoms with Gasteiger partial charge in [0.1, 0.15) is 0 Å². The van der Waals surface area contributed by atoms with Crippen LogP contribution in [-0.4, -0.2) is 46.1 Å². The Hall–Kier alpha value is -1.14. The van der Waals surface area contributed by atoms with Crippen LogP contribution >= 0.6 is 0 Å². The third kappa shape index (κ3) is 1.39. The van der Waals surface area contributed by atoms with Crippen LogP contribution < -0.4 is 5.43 Å². The Bertz CT molecular complexity index is 216. The molecule has 1 amide bonds. The van der Waals surface area contributed by atoms with Gasteiger partial charge in [-0.15, -0.1) is 0 Å². The fourth-order valence-corrected chi connectivity index (χ4v) is 1.07. The van der Waals surface area contributed by atoms with E-state index in [9.17, 15) is 4.79 Å². The zero-order valence-electron chi connectivity index (χ0n) is 6.69. The number of hydrazine groups is 1. The number of nitrogens with one attached hydrogen (secondary N) is 1. The lowest BCUT2D eigenvalue weighted by Crippen LogP contribution is -2.38. The summed E-state index contributed by atoms with van der Waals surface area (Å²) in [6.45, 7) is 1.77. The lowest BCUT2D eigenvalue weighted by molar-refractivity contribution is -0.125. The molecule has 0 aliphatic carbocycles. The monoisotopic (exact) mass is 173 g/mol. The molecule has 1 saturated heterocycles. The molecule has 6 heteroatoms. The third-order valence-corrected chi connectivity index (χ3v) is 1.66. The van der Waals surface area contributed by atoms with Gasteiger partial charge in [0.05, 0.1) is 19.2 Å². The van der Waals surface area contributed by atoms with Gasteiger partial charge in [-0.2, -0.15) is 0 Å². The summed E-state index contributed by atoms with van der Waals surface area (Å²) >= 11 is 0. The predicted octanol–water partition coefficient (Wildman–Crippen LogP) is -1.46. The van der Waals surface area contributed by atoms with Crippen LogP contribution in [0.25, 0.3) is 0 Å². The molecule has 1 aliphatic heterocycles. The normalized spacial score (nSPS) is 27.2. The Morgan fingerprint density at radius 2 is 2.42 bits per heavy atom. The molecule has 1 heterocycles. The van der Waals surface area contributed by atoms with Crippen LogP contribution in [0.15, 0.2) is 5.16 Å². The SMILES string of the molecule is CC1NN(CCO)C(=O)C1=NO. The van der Waals surface area contributed by atoms with Crippen molar-refractivity contribution in [2.24, 2.45) is 5.16 Å². The Balaban J connectivity index is 2.69. The number of aliphatic hydroxyl groups is 1. The van der Waals surface area contributed by atoms with Gasteiger partial charge in [-0.25, -0.2) is 5.43 Å². The van der Waals surface area contributed by atoms with Crippen molar-refractivity contribution in [3.05, 3.63) is 0 Å². The Labute approximate surface area is 69.4 Å². The predicted molar refractivity (Wildman–Crippen MR) is 40.6 cm³/mol. The maximum atomic E-state index is 11.2. The van der Waals surface area contributed by atoms with Gasteiger partial charge in [0, 0.05) is 0 Å². The number of nitrogens with zero attached hydrogens (tertiary/aromatic N) is 2. The number of β-amino-alcohol motifs (C(OH)–C–C–N with tert-alkyl or cyclic N) is 1. The number of carbonyl (C=O) groups is 1. The van der Waals surface area contributed by atoms with Crippen molar-refractivity contribution >= 4 is 11.6 Å². The number of aliphatic hydroxyl groups excluding tert-OH is 1. The van der Waals surface area contributed by atoms with Gasteiger partial charge in [-0.3, -0.25) is 9.80 Å². The molecule has 1 fully saturated rings. The standard InChI is InChI=1S/C6H11N3O3/c1-4-5(8-12)6(11)9(7-4)2-3-10/h4,7,10,12H,2-3H2,1H3. The molecule has 0 saturated carbocycles. The molecule has 1 aliphatic rings. The largest absolute Gasteiger partial charge is 0.410 e. The van der Waals surface area contributed by atoms with Crippen molar-refractivity contribution in [1.29, 1.82) is 0 Å². The fourth-order valence-electron chi connectivity index (χ4n) is 1.07. The number of amides is 1. The molecule has 0 spiro atoms. The van der Waals surface area contributed by atoms with Gasteiger partial charge in [0.25, 0.3) is 5.91 Å². The van der Waals surface area contributed by atoms with Crippen molar-refractivity contribution in [2.75, 3.05) is 13.2 Å². The summed E-state index contributed by atoms with van der Waals surface area (Å²) in [6.07, 6.45) is 0. The molecule has 0 aromatic heterocycles. The highest BCUT2D eigenvalue weighted by molar-refractivity contribution is 6.42. The van der Waals surface area contributed by atoms with Crippen molar-refractivity contribution in [1.82, 2.24) is 10.4 Å². The number of oxime groups is 1. The number of carbonyl (C=O) groups excluding carboxylic acids is 1. The smallest absolute Gasteiger partial charge is 0.287 e. The van der Waals surface area contributed by atoms with E-state index in [0.717, 1.165) is 0 Å². The summed E-state index contributed by atoms with van der Waals surface area (Å²) in [4.78, 5) is 11.2. The first-order valence-electron chi connectivity index (χ1n) is 3.61. The molecule has 0 aromatic rings. The lowest BCUT2D eigenvalue weighted by atomic mass is 10.2. The van der Waals surface area contributed by atoms with Crippen LogP contribution in [0.2, 0.25) is 0 Å². The van der Waals surface area contributed by atoms with Crippen molar-refractivity contribution < 1.29 is 15.1 Å². The van der Waals surface area contributed by atoms with E-state index in [1.54, 1.807) is 6.92 Å². The molecule has 3 N–H and O–H groups in total. The molecule has 6 nitrogen and oxygen atoms in total. The van der Waals surface area contributed by atoms with Gasteiger partial charge in [-0.05, 0) is 6.92 Å². The first-order valence-corrected chi connectivity index (χ1v) is 3.61. The molecule has 1 rings (SSSR count). The lowest BCUT2D eigenvalue weighted by Gasteiger charge is -2.13. The number of hydrogen-bond donors (Lipinski definition) is 3. The summed E-state index contributed by atoms with van der Waals surface area (Å²) in [5, 5.41) is 21.1. The molecule has 0 bridgehead atoms. The van der Waals surface area contributed by atoms with E-state index in [0.29, 0.717) is 0 Å². The minimum atomic E-state index is -0.390. The second-order valence-corrected chi connectivity index (χ2v) is 2.52. The minimum Gasteiger partial charge on any atom is -0.410 e. The highest BCUT2D eigenvalue weighted by Crippen LogP contribution is 2.03. The quantitative estimate of drug-likeness (QED) is 0.352. The zero-order valence-corrected chi connectivity index (χ0v) is 6.69. The van der Waals surface area contributed by atoms with Crippen LogP contribution in [0.1, 0.15) is 6.92 Å². The average molecular weight is 173 g/mol. The van der Waals surface area contributed by atoms with Gasteiger partial charge < -0.3 is 10.3 Å². The van der Waals surface area contributed by atoms with Crippen molar-refractivity contribution in [2.45, 2.75) is 13.0 Å². The average Bonchev–Trinajstić information content (AvgIpc) is 2.29. The summed E-state index contributed by atoms with van der Waals surface area (Å²) in [5.74, 6) is -0.390. The van der Waals surface area contributed by atoms with Crippen molar-refractivity contribution in [3.63, 3.8) is 0 Å². The topological polar surface area (TPSA) is 85.2 Å². The zero-order chi connectivity index (χ0) is 9.14. The Morgan fingerprint density at radius 1 is 1.75 bits per heavy atom. The van der Waals surface area contributed by atoms with Crippen LogP contribution in [0.5, 0.6) is 0 Å². The molecule has 0 radical (unpaired) electrons. The van der Waals surface area contributed by atoms with Gasteiger partial charge in [0.15, 0.2) is 5.71 Å². The first-order chi connectivity index (χ1) is 5.70. The third-order valence-electron chi connectivity index (χ3n) is 1.66. The fraction of sp³-hybridized carbons (Fsp3) is 0.667. The maximum absolute atomic E-state index is 11.2. The summed E-state index contributed by atoms with van der Waals surface area (Å²) in [5.41, 5.74) is 2.81. The van der Waals surface area contributed by atoms with Crippen molar-refractivity contribution in [3.8, 4) is 0 Å². The second kappa shape index (κ2) is 3.51. The van der Waals surface area contributed by atoms with Gasteiger partial charge in [0.2, 0.25) is 0 Å². The molecule has 1 atom stereocenters. The Kier molecular flexibility index (Phi) is 2.61.